The third-order valence-electron chi connectivity index (χ3n) is 3.15. The van der Waals surface area contributed by atoms with Gasteiger partial charge in [-0.1, -0.05) is 13.3 Å². The molecular formula is C16H31N3O5. The van der Waals surface area contributed by atoms with Crippen molar-refractivity contribution in [1.82, 2.24) is 10.6 Å². The number of carboxylic acids is 1. The maximum absolute atomic E-state index is 12.4. The van der Waals surface area contributed by atoms with Crippen molar-refractivity contribution in [3.05, 3.63) is 0 Å². The highest BCUT2D eigenvalue weighted by molar-refractivity contribution is 5.89. The van der Waals surface area contributed by atoms with Gasteiger partial charge in [0.25, 0.3) is 0 Å². The molecule has 5 N–H and O–H groups in total. The summed E-state index contributed by atoms with van der Waals surface area (Å²) >= 11 is 0. The molecule has 0 fully saturated rings. The number of nitrogens with one attached hydrogen (secondary N) is 2. The van der Waals surface area contributed by atoms with E-state index in [2.05, 4.69) is 10.6 Å². The minimum Gasteiger partial charge on any atom is -0.480 e. The number of alkyl carbamates (subject to hydrolysis) is 1. The van der Waals surface area contributed by atoms with E-state index >= 15 is 0 Å². The molecule has 0 radical (unpaired) electrons. The molecule has 140 valence electrons. The fourth-order valence-corrected chi connectivity index (χ4v) is 2.03. The Morgan fingerprint density at radius 3 is 2.17 bits per heavy atom. The first-order valence-electron chi connectivity index (χ1n) is 8.33. The Kier molecular flexibility index (Phi) is 10.0. The van der Waals surface area contributed by atoms with Gasteiger partial charge < -0.3 is 26.2 Å². The Morgan fingerprint density at radius 1 is 1.08 bits per heavy atom. The Balaban J connectivity index is 4.86. The summed E-state index contributed by atoms with van der Waals surface area (Å²) < 4.78 is 5.15. The normalized spacial score (nSPS) is 13.7. The highest BCUT2D eigenvalue weighted by Crippen LogP contribution is 2.09. The Morgan fingerprint density at radius 2 is 1.71 bits per heavy atom. The van der Waals surface area contributed by atoms with Crippen LogP contribution in [0.2, 0.25) is 0 Å². The van der Waals surface area contributed by atoms with Crippen molar-refractivity contribution in [2.24, 2.45) is 5.73 Å². The largest absolute Gasteiger partial charge is 0.480 e. The number of hydrogen-bond donors (Lipinski definition) is 4. The standard InChI is InChI=1S/C16H31N3O5/c1-5-8-12(14(21)22)18-13(20)11(9-6-7-10-17)19-15(23)24-16(2,3)4/h11-12H,5-10,17H2,1-4H3,(H,18,20)(H,19,23)(H,21,22)/t11-,12-/m0/s1. The summed E-state index contributed by atoms with van der Waals surface area (Å²) in [6.07, 6.45) is 1.93. The van der Waals surface area contributed by atoms with Crippen LogP contribution in [-0.4, -0.2) is 47.3 Å². The lowest BCUT2D eigenvalue weighted by Crippen LogP contribution is -2.52. The average Bonchev–Trinajstić information content (AvgIpc) is 2.43. The highest BCUT2D eigenvalue weighted by Gasteiger charge is 2.27. The van der Waals surface area contributed by atoms with Gasteiger partial charge in [-0.3, -0.25) is 4.79 Å². The number of amides is 2. The first-order chi connectivity index (χ1) is 11.1. The third-order valence-corrected chi connectivity index (χ3v) is 3.15. The number of carboxylic acid groups (broad SMARTS) is 1. The van der Waals surface area contributed by atoms with E-state index < -0.39 is 35.7 Å². The van der Waals surface area contributed by atoms with Crippen molar-refractivity contribution in [2.75, 3.05) is 6.54 Å². The number of rotatable bonds is 10. The number of carbonyl (C=O) groups is 3. The Hall–Kier alpha value is -1.83. The average molecular weight is 345 g/mol. The maximum Gasteiger partial charge on any atom is 0.408 e. The van der Waals surface area contributed by atoms with Gasteiger partial charge in [-0.25, -0.2) is 9.59 Å². The van der Waals surface area contributed by atoms with Crippen molar-refractivity contribution in [3.63, 3.8) is 0 Å². The lowest BCUT2D eigenvalue weighted by molar-refractivity contribution is -0.142. The molecule has 0 spiro atoms. The van der Waals surface area contributed by atoms with Gasteiger partial charge in [-0.15, -0.1) is 0 Å². The van der Waals surface area contributed by atoms with E-state index in [0.717, 1.165) is 0 Å². The van der Waals surface area contributed by atoms with E-state index in [9.17, 15) is 14.4 Å². The molecule has 0 aliphatic heterocycles. The summed E-state index contributed by atoms with van der Waals surface area (Å²) in [4.78, 5) is 35.4. The van der Waals surface area contributed by atoms with Crippen LogP contribution in [0, 0.1) is 0 Å². The van der Waals surface area contributed by atoms with E-state index in [1.807, 2.05) is 6.92 Å². The number of aliphatic carboxylic acids is 1. The number of carbonyl (C=O) groups excluding carboxylic acids is 2. The third kappa shape index (κ3) is 10.0. The van der Waals surface area contributed by atoms with Gasteiger partial charge >= 0.3 is 12.1 Å². The molecule has 0 unspecified atom stereocenters. The van der Waals surface area contributed by atoms with Crippen molar-refractivity contribution >= 4 is 18.0 Å². The monoisotopic (exact) mass is 345 g/mol. The minimum absolute atomic E-state index is 0.322. The first kappa shape index (κ1) is 22.2. The van der Waals surface area contributed by atoms with Crippen LogP contribution in [0.15, 0.2) is 0 Å². The zero-order chi connectivity index (χ0) is 18.8. The molecule has 0 aromatic carbocycles. The second kappa shape index (κ2) is 10.9. The number of unbranched alkanes of at least 4 members (excludes halogenated alkanes) is 1. The summed E-state index contributed by atoms with van der Waals surface area (Å²) in [5.74, 6) is -1.62. The van der Waals surface area contributed by atoms with Crippen LogP contribution in [0.1, 0.15) is 59.8 Å². The lowest BCUT2D eigenvalue weighted by atomic mass is 10.1. The lowest BCUT2D eigenvalue weighted by Gasteiger charge is -2.24. The quantitative estimate of drug-likeness (QED) is 0.442. The van der Waals surface area contributed by atoms with E-state index in [1.165, 1.54) is 0 Å². The molecule has 0 aromatic heterocycles. The van der Waals surface area contributed by atoms with Crippen molar-refractivity contribution in [2.45, 2.75) is 77.5 Å². The topological polar surface area (TPSA) is 131 Å². The molecular weight excluding hydrogens is 314 g/mol. The van der Waals surface area contributed by atoms with Crippen molar-refractivity contribution in [3.8, 4) is 0 Å². The predicted octanol–water partition coefficient (Wildman–Crippen LogP) is 1.38. The molecule has 0 saturated carbocycles. The van der Waals surface area contributed by atoms with E-state index in [0.29, 0.717) is 38.6 Å². The molecule has 0 rings (SSSR count). The fourth-order valence-electron chi connectivity index (χ4n) is 2.03. The molecule has 2 atom stereocenters. The number of hydrogen-bond acceptors (Lipinski definition) is 5. The van der Waals surface area contributed by atoms with Crippen LogP contribution in [-0.2, 0) is 14.3 Å². The summed E-state index contributed by atoms with van der Waals surface area (Å²) in [6.45, 7) is 7.47. The second-order valence-electron chi connectivity index (χ2n) is 6.67. The molecule has 0 saturated heterocycles. The summed E-state index contributed by atoms with van der Waals surface area (Å²) in [7, 11) is 0. The molecule has 0 aliphatic rings. The SMILES string of the molecule is CCC[C@H](NC(=O)[C@H](CCCCN)NC(=O)OC(C)(C)C)C(=O)O. The van der Waals surface area contributed by atoms with E-state index in [1.54, 1.807) is 20.8 Å². The molecule has 24 heavy (non-hydrogen) atoms. The van der Waals surface area contributed by atoms with Crippen LogP contribution < -0.4 is 16.4 Å². The molecule has 0 bridgehead atoms. The van der Waals surface area contributed by atoms with Gasteiger partial charge in [0.2, 0.25) is 5.91 Å². The fraction of sp³-hybridized carbons (Fsp3) is 0.812. The van der Waals surface area contributed by atoms with Gasteiger partial charge in [0, 0.05) is 0 Å². The first-order valence-corrected chi connectivity index (χ1v) is 8.33. The van der Waals surface area contributed by atoms with E-state index in [4.69, 9.17) is 15.6 Å². The molecule has 0 heterocycles. The second-order valence-corrected chi connectivity index (χ2v) is 6.67. The van der Waals surface area contributed by atoms with Gasteiger partial charge in [-0.2, -0.15) is 0 Å². The number of ether oxygens (including phenoxy) is 1. The Bertz CT molecular complexity index is 420. The van der Waals surface area contributed by atoms with Gasteiger partial charge in [0.1, 0.15) is 17.7 Å². The van der Waals surface area contributed by atoms with Crippen molar-refractivity contribution in [1.29, 1.82) is 0 Å². The summed E-state index contributed by atoms with van der Waals surface area (Å²) in [6, 6.07) is -1.83. The van der Waals surface area contributed by atoms with E-state index in [-0.39, 0.29) is 0 Å². The highest BCUT2D eigenvalue weighted by atomic mass is 16.6. The summed E-state index contributed by atoms with van der Waals surface area (Å²) in [5.41, 5.74) is 4.76. The van der Waals surface area contributed by atoms with Gasteiger partial charge in [-0.05, 0) is 53.0 Å². The van der Waals surface area contributed by atoms with Gasteiger partial charge in [0.05, 0.1) is 0 Å². The van der Waals surface area contributed by atoms with Crippen LogP contribution in [0.4, 0.5) is 4.79 Å². The molecule has 0 aromatic rings. The molecule has 8 heteroatoms. The number of nitrogens with two attached hydrogens (primary N) is 1. The molecule has 0 aliphatic carbocycles. The van der Waals surface area contributed by atoms with Gasteiger partial charge in [0.15, 0.2) is 0 Å². The summed E-state index contributed by atoms with van der Waals surface area (Å²) in [5, 5.41) is 14.1. The zero-order valence-corrected chi connectivity index (χ0v) is 15.1. The maximum atomic E-state index is 12.4. The molecule has 8 nitrogen and oxygen atoms in total. The Labute approximate surface area is 143 Å². The van der Waals surface area contributed by atoms with Crippen LogP contribution in [0.3, 0.4) is 0 Å². The van der Waals surface area contributed by atoms with Crippen LogP contribution >= 0.6 is 0 Å². The van der Waals surface area contributed by atoms with Crippen molar-refractivity contribution < 1.29 is 24.2 Å². The minimum atomic E-state index is -1.09. The smallest absolute Gasteiger partial charge is 0.408 e. The van der Waals surface area contributed by atoms with Crippen LogP contribution in [0.5, 0.6) is 0 Å². The predicted molar refractivity (Wildman–Crippen MR) is 90.5 cm³/mol. The zero-order valence-electron chi connectivity index (χ0n) is 15.1. The molecule has 2 amide bonds. The van der Waals surface area contributed by atoms with Crippen LogP contribution in [0.25, 0.3) is 0 Å².